The maximum Gasteiger partial charge on any atom is 0.146 e. The molecule has 0 saturated carbocycles. The molecule has 1 heterocycles. The Kier molecular flexibility index (Phi) is 3.72. The Morgan fingerprint density at radius 1 is 1.29 bits per heavy atom. The molecule has 0 atom stereocenters. The third-order valence-corrected chi connectivity index (χ3v) is 2.66. The van der Waals surface area contributed by atoms with Gasteiger partial charge in [0.2, 0.25) is 0 Å². The van der Waals surface area contributed by atoms with Gasteiger partial charge in [-0.25, -0.2) is 4.98 Å². The number of hydrogen-bond donors (Lipinski definition) is 2. The molecule has 86 valence electrons. The molecular formula is C12H10BrN3O. The molecule has 2 aromatic rings. The van der Waals surface area contributed by atoms with Crippen molar-refractivity contribution in [3.63, 3.8) is 0 Å². The first-order valence-corrected chi connectivity index (χ1v) is 5.73. The Morgan fingerprint density at radius 3 is 2.88 bits per heavy atom. The smallest absolute Gasteiger partial charge is 0.146 e. The van der Waals surface area contributed by atoms with Crippen LogP contribution in [0.2, 0.25) is 0 Å². The second-order valence-corrected chi connectivity index (χ2v) is 4.15. The summed E-state index contributed by atoms with van der Waals surface area (Å²) in [5, 5.41) is 13.4. The maximum absolute atomic E-state index is 9.33. The molecule has 2 rings (SSSR count). The number of rotatable bonds is 3. The molecule has 0 aliphatic carbocycles. The van der Waals surface area contributed by atoms with E-state index in [1.165, 1.54) is 0 Å². The van der Waals surface area contributed by atoms with Gasteiger partial charge in [0, 0.05) is 6.20 Å². The van der Waals surface area contributed by atoms with Crippen molar-refractivity contribution in [1.29, 1.82) is 0 Å². The number of aromatic nitrogens is 1. The summed E-state index contributed by atoms with van der Waals surface area (Å²) >= 11 is 3.24. The molecule has 4 nitrogen and oxygen atoms in total. The summed E-state index contributed by atoms with van der Waals surface area (Å²) in [7, 11) is 0. The highest BCUT2D eigenvalue weighted by Gasteiger charge is 1.97. The topological polar surface area (TPSA) is 57.5 Å². The highest BCUT2D eigenvalue weighted by molar-refractivity contribution is 9.10. The van der Waals surface area contributed by atoms with Gasteiger partial charge in [0.05, 0.1) is 10.7 Å². The van der Waals surface area contributed by atoms with Crippen LogP contribution in [0, 0.1) is 0 Å². The van der Waals surface area contributed by atoms with Crippen LogP contribution in [-0.2, 0) is 0 Å². The Balaban J connectivity index is 2.03. The predicted octanol–water partition coefficient (Wildman–Crippen LogP) is 3.00. The van der Waals surface area contributed by atoms with Crippen LogP contribution in [0.4, 0.5) is 5.82 Å². The average molecular weight is 292 g/mol. The Bertz CT molecular complexity index is 529. The molecule has 0 aliphatic heterocycles. The summed E-state index contributed by atoms with van der Waals surface area (Å²) in [6.07, 6.45) is 3.34. The number of halogens is 1. The zero-order valence-corrected chi connectivity index (χ0v) is 10.4. The number of nitrogens with one attached hydrogen (secondary N) is 1. The largest absolute Gasteiger partial charge is 0.507 e. The number of pyridine rings is 1. The van der Waals surface area contributed by atoms with Crippen LogP contribution in [0.1, 0.15) is 5.56 Å². The van der Waals surface area contributed by atoms with E-state index >= 15 is 0 Å². The number of hydrazone groups is 1. The van der Waals surface area contributed by atoms with Gasteiger partial charge in [-0.05, 0) is 51.8 Å². The Labute approximate surface area is 107 Å². The monoisotopic (exact) mass is 291 g/mol. The van der Waals surface area contributed by atoms with E-state index in [4.69, 9.17) is 0 Å². The van der Waals surface area contributed by atoms with Gasteiger partial charge in [-0.15, -0.1) is 0 Å². The lowest BCUT2D eigenvalue weighted by molar-refractivity contribution is 0.472. The summed E-state index contributed by atoms with van der Waals surface area (Å²) in [5.74, 6) is 0.890. The van der Waals surface area contributed by atoms with Crippen LogP contribution >= 0.6 is 15.9 Å². The van der Waals surface area contributed by atoms with Gasteiger partial charge in [0.25, 0.3) is 0 Å². The Morgan fingerprint density at radius 2 is 2.18 bits per heavy atom. The van der Waals surface area contributed by atoms with Gasteiger partial charge in [0.1, 0.15) is 11.6 Å². The van der Waals surface area contributed by atoms with Crippen molar-refractivity contribution < 1.29 is 5.11 Å². The first-order valence-electron chi connectivity index (χ1n) is 4.94. The average Bonchev–Trinajstić information content (AvgIpc) is 2.35. The normalized spacial score (nSPS) is 10.6. The fourth-order valence-electron chi connectivity index (χ4n) is 1.21. The quantitative estimate of drug-likeness (QED) is 0.675. The van der Waals surface area contributed by atoms with E-state index in [1.54, 1.807) is 30.6 Å². The minimum absolute atomic E-state index is 0.208. The van der Waals surface area contributed by atoms with E-state index < -0.39 is 0 Å². The van der Waals surface area contributed by atoms with Gasteiger partial charge >= 0.3 is 0 Å². The van der Waals surface area contributed by atoms with E-state index in [1.807, 2.05) is 18.2 Å². The molecule has 0 fully saturated rings. The molecule has 0 saturated heterocycles. The third-order valence-electron chi connectivity index (χ3n) is 2.03. The molecule has 1 aromatic heterocycles. The summed E-state index contributed by atoms with van der Waals surface area (Å²) < 4.78 is 0.638. The van der Waals surface area contributed by atoms with Crippen molar-refractivity contribution in [3.8, 4) is 5.75 Å². The molecular weight excluding hydrogens is 282 g/mol. The van der Waals surface area contributed by atoms with Crippen LogP contribution in [-0.4, -0.2) is 16.3 Å². The number of hydrogen-bond acceptors (Lipinski definition) is 4. The van der Waals surface area contributed by atoms with Crippen molar-refractivity contribution in [2.24, 2.45) is 5.10 Å². The highest BCUT2D eigenvalue weighted by atomic mass is 79.9. The van der Waals surface area contributed by atoms with Crippen LogP contribution < -0.4 is 5.43 Å². The first kappa shape index (κ1) is 11.6. The van der Waals surface area contributed by atoms with E-state index in [-0.39, 0.29) is 5.75 Å². The number of aromatic hydroxyl groups is 1. The maximum atomic E-state index is 9.33. The van der Waals surface area contributed by atoms with Gasteiger partial charge < -0.3 is 5.11 Å². The van der Waals surface area contributed by atoms with E-state index in [9.17, 15) is 5.11 Å². The molecule has 1 aromatic carbocycles. The van der Waals surface area contributed by atoms with Gasteiger partial charge in [-0.3, -0.25) is 5.43 Å². The van der Waals surface area contributed by atoms with E-state index in [0.29, 0.717) is 10.3 Å². The number of anilines is 1. The first-order chi connectivity index (χ1) is 8.25. The molecule has 5 heteroatoms. The lowest BCUT2D eigenvalue weighted by Gasteiger charge is -1.99. The molecule has 0 spiro atoms. The molecule has 2 N–H and O–H groups in total. The number of nitrogens with zero attached hydrogens (tertiary/aromatic N) is 2. The van der Waals surface area contributed by atoms with Gasteiger partial charge in [0.15, 0.2) is 0 Å². The SMILES string of the molecule is Oc1ccc(/C=N/Nc2ccccn2)cc1Br. The molecule has 0 aliphatic rings. The molecule has 0 radical (unpaired) electrons. The van der Waals surface area contributed by atoms with Crippen LogP contribution in [0.25, 0.3) is 0 Å². The Hall–Kier alpha value is -1.88. The van der Waals surface area contributed by atoms with E-state index in [2.05, 4.69) is 31.4 Å². The van der Waals surface area contributed by atoms with Crippen LogP contribution in [0.15, 0.2) is 52.2 Å². The molecule has 0 unspecified atom stereocenters. The van der Waals surface area contributed by atoms with Crippen LogP contribution in [0.3, 0.4) is 0 Å². The van der Waals surface area contributed by atoms with Crippen molar-refractivity contribution in [2.45, 2.75) is 0 Å². The highest BCUT2D eigenvalue weighted by Crippen LogP contribution is 2.23. The summed E-state index contributed by atoms with van der Waals surface area (Å²) in [4.78, 5) is 4.07. The fraction of sp³-hybridized carbons (Fsp3) is 0. The van der Waals surface area contributed by atoms with Crippen molar-refractivity contribution in [2.75, 3.05) is 5.43 Å². The lowest BCUT2D eigenvalue weighted by atomic mass is 10.2. The van der Waals surface area contributed by atoms with Crippen molar-refractivity contribution in [1.82, 2.24) is 4.98 Å². The molecule has 17 heavy (non-hydrogen) atoms. The van der Waals surface area contributed by atoms with E-state index in [0.717, 1.165) is 5.56 Å². The number of phenolic OH excluding ortho intramolecular Hbond substituents is 1. The minimum atomic E-state index is 0.208. The van der Waals surface area contributed by atoms with Crippen molar-refractivity contribution >= 4 is 28.0 Å². The molecule has 0 bridgehead atoms. The lowest BCUT2D eigenvalue weighted by Crippen LogP contribution is -1.92. The second kappa shape index (κ2) is 5.45. The second-order valence-electron chi connectivity index (χ2n) is 3.30. The van der Waals surface area contributed by atoms with Crippen LogP contribution in [0.5, 0.6) is 5.75 Å². The number of phenols is 1. The van der Waals surface area contributed by atoms with Gasteiger partial charge in [-0.2, -0.15) is 5.10 Å². The zero-order valence-electron chi connectivity index (χ0n) is 8.84. The van der Waals surface area contributed by atoms with Gasteiger partial charge in [-0.1, -0.05) is 6.07 Å². The predicted molar refractivity (Wildman–Crippen MR) is 71.3 cm³/mol. The number of benzene rings is 1. The van der Waals surface area contributed by atoms with Crippen molar-refractivity contribution in [3.05, 3.63) is 52.6 Å². The summed E-state index contributed by atoms with van der Waals surface area (Å²) in [6, 6.07) is 10.7. The minimum Gasteiger partial charge on any atom is -0.507 e. The summed E-state index contributed by atoms with van der Waals surface area (Å²) in [5.41, 5.74) is 3.68. The summed E-state index contributed by atoms with van der Waals surface area (Å²) in [6.45, 7) is 0. The standard InChI is InChI=1S/C12H10BrN3O/c13-10-7-9(4-5-11(10)17)8-15-16-12-3-1-2-6-14-12/h1-8,17H,(H,14,16)/b15-8+. The molecule has 0 amide bonds. The fourth-order valence-corrected chi connectivity index (χ4v) is 1.60. The zero-order chi connectivity index (χ0) is 12.1. The third kappa shape index (κ3) is 3.29.